The average molecular weight is 389 g/mol. The summed E-state index contributed by atoms with van der Waals surface area (Å²) in [5, 5.41) is 4.65. The second kappa shape index (κ2) is 6.97. The van der Waals surface area contributed by atoms with Gasteiger partial charge in [-0.05, 0) is 0 Å². The van der Waals surface area contributed by atoms with Gasteiger partial charge in [0.05, 0.1) is 0 Å². The fraction of sp³-hybridized carbons (Fsp3) is 0.0400. The van der Waals surface area contributed by atoms with Crippen molar-refractivity contribution >= 4 is 38.4 Å². The molecule has 0 bridgehead atoms. The molecule has 4 aromatic rings. The summed E-state index contributed by atoms with van der Waals surface area (Å²) in [5.74, 6) is -3.38. The van der Waals surface area contributed by atoms with Gasteiger partial charge in [0.25, 0.3) is 0 Å². The third-order valence-corrected chi connectivity index (χ3v) is 12.6. The zero-order valence-electron chi connectivity index (χ0n) is 15.3. The van der Waals surface area contributed by atoms with E-state index < -0.39 is 5.96 Å². The molecule has 0 unspecified atom stereocenters. The fourth-order valence-electron chi connectivity index (χ4n) is 3.91. The van der Waals surface area contributed by atoms with Crippen molar-refractivity contribution in [3.8, 4) is 0 Å². The molecule has 0 amide bonds. The van der Waals surface area contributed by atoms with Crippen LogP contribution in [0.4, 0.5) is 0 Å². The van der Waals surface area contributed by atoms with Crippen LogP contribution in [0.15, 0.2) is 115 Å². The van der Waals surface area contributed by atoms with Gasteiger partial charge in [0.1, 0.15) is 0 Å². The summed E-state index contributed by atoms with van der Waals surface area (Å²) in [7, 11) is 0. The molecule has 0 aliphatic heterocycles. The monoisotopic (exact) mass is 388 g/mol. The minimum absolute atomic E-state index is 1.16. The Labute approximate surface area is 166 Å². The maximum absolute atomic E-state index is 8.10. The third-order valence-electron chi connectivity index (χ3n) is 5.21. The molecule has 27 heavy (non-hydrogen) atoms. The van der Waals surface area contributed by atoms with E-state index in [9.17, 15) is 0 Å². The molecular formula is C25H22ClP. The van der Waals surface area contributed by atoms with Crippen LogP contribution in [0.25, 0.3) is 0 Å². The molecule has 0 aliphatic carbocycles. The van der Waals surface area contributed by atoms with Crippen molar-refractivity contribution < 1.29 is 0 Å². The van der Waals surface area contributed by atoms with E-state index in [-0.39, 0.29) is 0 Å². The molecule has 0 fully saturated rings. The number of halogens is 1. The van der Waals surface area contributed by atoms with Gasteiger partial charge in [-0.3, -0.25) is 0 Å². The Kier molecular flexibility index (Phi) is 4.64. The van der Waals surface area contributed by atoms with Gasteiger partial charge >= 0.3 is 166 Å². The van der Waals surface area contributed by atoms with Gasteiger partial charge in [0.15, 0.2) is 0 Å². The standard InChI is InChI=1S/C25H22ClP/c1-21-12-11-19-25(20-21)27(26,22-13-5-2-6-14-22,23-15-7-3-8-16-23)24-17-9-4-10-18-24/h2-20H,1H3. The molecule has 0 heterocycles. The van der Waals surface area contributed by atoms with E-state index in [1.54, 1.807) is 0 Å². The van der Waals surface area contributed by atoms with Crippen LogP contribution in [0.3, 0.4) is 0 Å². The second-order valence-electron chi connectivity index (χ2n) is 6.85. The topological polar surface area (TPSA) is 0 Å². The second-order valence-corrected chi connectivity index (χ2v) is 13.0. The van der Waals surface area contributed by atoms with Gasteiger partial charge < -0.3 is 0 Å². The Bertz CT molecular complexity index is 944. The van der Waals surface area contributed by atoms with Crippen molar-refractivity contribution in [2.75, 3.05) is 0 Å². The zero-order chi connectivity index (χ0) is 18.8. The van der Waals surface area contributed by atoms with Crippen LogP contribution >= 0.6 is 17.2 Å². The normalized spacial score (nSPS) is 12.9. The zero-order valence-corrected chi connectivity index (χ0v) is 16.9. The van der Waals surface area contributed by atoms with Gasteiger partial charge in [0, 0.05) is 0 Å². The molecule has 0 atom stereocenters. The molecule has 4 aromatic carbocycles. The number of rotatable bonds is 4. The predicted molar refractivity (Wildman–Crippen MR) is 122 cm³/mol. The molecule has 0 aromatic heterocycles. The summed E-state index contributed by atoms with van der Waals surface area (Å²) in [5.41, 5.74) is 1.21. The average Bonchev–Trinajstić information content (AvgIpc) is 2.75. The van der Waals surface area contributed by atoms with Crippen molar-refractivity contribution in [3.05, 3.63) is 121 Å². The van der Waals surface area contributed by atoms with Gasteiger partial charge in [-0.1, -0.05) is 0 Å². The number of benzene rings is 4. The van der Waals surface area contributed by atoms with Crippen LogP contribution in [-0.2, 0) is 0 Å². The quantitative estimate of drug-likeness (QED) is 0.416. The Morgan fingerprint density at radius 1 is 0.481 bits per heavy atom. The number of hydrogen-bond donors (Lipinski definition) is 0. The molecule has 0 saturated carbocycles. The van der Waals surface area contributed by atoms with Crippen LogP contribution in [0.5, 0.6) is 0 Å². The van der Waals surface area contributed by atoms with Crippen LogP contribution in [0.2, 0.25) is 0 Å². The van der Waals surface area contributed by atoms with Crippen molar-refractivity contribution in [2.24, 2.45) is 0 Å². The summed E-state index contributed by atoms with van der Waals surface area (Å²) < 4.78 is 0. The van der Waals surface area contributed by atoms with Crippen molar-refractivity contribution in [3.63, 3.8) is 0 Å². The molecule has 0 radical (unpaired) electrons. The summed E-state index contributed by atoms with van der Waals surface area (Å²) >= 11 is 8.10. The van der Waals surface area contributed by atoms with E-state index in [1.165, 1.54) is 10.9 Å². The fourth-order valence-corrected chi connectivity index (χ4v) is 10.0. The van der Waals surface area contributed by atoms with Crippen LogP contribution in [-0.4, -0.2) is 0 Å². The molecule has 2 heteroatoms. The number of hydrogen-bond acceptors (Lipinski definition) is 0. The predicted octanol–water partition coefficient (Wildman–Crippen LogP) is 5.30. The van der Waals surface area contributed by atoms with Crippen molar-refractivity contribution in [2.45, 2.75) is 6.92 Å². The molecule has 0 saturated heterocycles. The van der Waals surface area contributed by atoms with Gasteiger partial charge in [-0.25, -0.2) is 0 Å². The summed E-state index contributed by atoms with van der Waals surface area (Å²) in [6.45, 7) is 2.13. The first-order chi connectivity index (χ1) is 13.1. The third kappa shape index (κ3) is 2.72. The SMILES string of the molecule is Cc1cccc(P(Cl)(c2ccccc2)(c2ccccc2)c2ccccc2)c1. The van der Waals surface area contributed by atoms with Gasteiger partial charge in [0.2, 0.25) is 0 Å². The van der Waals surface area contributed by atoms with E-state index in [0.29, 0.717) is 0 Å². The van der Waals surface area contributed by atoms with E-state index in [4.69, 9.17) is 11.2 Å². The first kappa shape index (κ1) is 18.0. The Balaban J connectivity index is 2.24. The summed E-state index contributed by atoms with van der Waals surface area (Å²) in [6, 6.07) is 40.4. The molecule has 0 aliphatic rings. The van der Waals surface area contributed by atoms with Crippen molar-refractivity contribution in [1.29, 1.82) is 0 Å². The summed E-state index contributed by atoms with van der Waals surface area (Å²) in [6.07, 6.45) is 0. The molecule has 0 N–H and O–H groups in total. The number of aryl methyl sites for hydroxylation is 1. The van der Waals surface area contributed by atoms with E-state index in [1.807, 2.05) is 18.2 Å². The minimum atomic E-state index is -3.38. The van der Waals surface area contributed by atoms with Crippen LogP contribution in [0, 0.1) is 6.92 Å². The summed E-state index contributed by atoms with van der Waals surface area (Å²) in [4.78, 5) is 0. The Hall–Kier alpha value is -2.40. The van der Waals surface area contributed by atoms with E-state index in [0.717, 1.165) is 15.9 Å². The first-order valence-corrected chi connectivity index (χ1v) is 12.3. The molecule has 134 valence electrons. The maximum atomic E-state index is 8.10. The van der Waals surface area contributed by atoms with Crippen LogP contribution in [0.1, 0.15) is 5.56 Å². The van der Waals surface area contributed by atoms with Gasteiger partial charge in [-0.15, -0.1) is 0 Å². The molecule has 0 nitrogen and oxygen atoms in total. The van der Waals surface area contributed by atoms with E-state index >= 15 is 0 Å². The molecule has 0 spiro atoms. The molecule has 4 rings (SSSR count). The van der Waals surface area contributed by atoms with Crippen LogP contribution < -0.4 is 21.2 Å². The Morgan fingerprint density at radius 3 is 1.22 bits per heavy atom. The first-order valence-electron chi connectivity index (χ1n) is 9.12. The van der Waals surface area contributed by atoms with Gasteiger partial charge in [-0.2, -0.15) is 0 Å². The van der Waals surface area contributed by atoms with Crippen molar-refractivity contribution in [1.82, 2.24) is 0 Å². The van der Waals surface area contributed by atoms with E-state index in [2.05, 4.69) is 104 Å². The molecular weight excluding hydrogens is 367 g/mol. The Morgan fingerprint density at radius 2 is 0.852 bits per heavy atom.